The molecule has 0 bridgehead atoms. The summed E-state index contributed by atoms with van der Waals surface area (Å²) in [5, 5.41) is 0. The largest absolute Gasteiger partial charge is 0.474 e. The summed E-state index contributed by atoms with van der Waals surface area (Å²) in [5.74, 6) is 0.345. The average Bonchev–Trinajstić information content (AvgIpc) is 2.58. The SMILES string of the molecule is O=C(Cc1ccc(F)cc1)N1CCC(Oc2ccncn2)CC1. The Kier molecular flexibility index (Phi) is 4.80. The Morgan fingerprint density at radius 1 is 1.22 bits per heavy atom. The lowest BCUT2D eigenvalue weighted by Gasteiger charge is -2.32. The van der Waals surface area contributed by atoms with Gasteiger partial charge in [-0.05, 0) is 17.7 Å². The van der Waals surface area contributed by atoms with Crippen LogP contribution in [0.25, 0.3) is 0 Å². The molecule has 0 radical (unpaired) electrons. The van der Waals surface area contributed by atoms with Crippen molar-refractivity contribution in [1.82, 2.24) is 14.9 Å². The smallest absolute Gasteiger partial charge is 0.226 e. The lowest BCUT2D eigenvalue weighted by molar-refractivity contribution is -0.132. The van der Waals surface area contributed by atoms with E-state index in [2.05, 4.69) is 9.97 Å². The maximum absolute atomic E-state index is 12.9. The maximum Gasteiger partial charge on any atom is 0.226 e. The van der Waals surface area contributed by atoms with Gasteiger partial charge >= 0.3 is 0 Å². The number of rotatable bonds is 4. The van der Waals surface area contributed by atoms with Gasteiger partial charge in [-0.15, -0.1) is 0 Å². The molecule has 1 aliphatic heterocycles. The van der Waals surface area contributed by atoms with Crippen molar-refractivity contribution in [2.45, 2.75) is 25.4 Å². The molecule has 0 unspecified atom stereocenters. The van der Waals surface area contributed by atoms with Crippen LogP contribution in [0, 0.1) is 5.82 Å². The van der Waals surface area contributed by atoms with Gasteiger partial charge < -0.3 is 9.64 Å². The van der Waals surface area contributed by atoms with E-state index in [9.17, 15) is 9.18 Å². The number of benzene rings is 1. The number of piperidine rings is 1. The van der Waals surface area contributed by atoms with E-state index in [1.165, 1.54) is 18.5 Å². The first-order chi connectivity index (χ1) is 11.2. The molecule has 1 aliphatic rings. The van der Waals surface area contributed by atoms with Crippen LogP contribution in [0.2, 0.25) is 0 Å². The number of carbonyl (C=O) groups excluding carboxylic acids is 1. The Morgan fingerprint density at radius 2 is 1.96 bits per heavy atom. The van der Waals surface area contributed by atoms with Gasteiger partial charge in [-0.1, -0.05) is 12.1 Å². The number of carbonyl (C=O) groups is 1. The number of ether oxygens (including phenoxy) is 1. The number of hydrogen-bond acceptors (Lipinski definition) is 4. The van der Waals surface area contributed by atoms with Crippen molar-refractivity contribution in [2.75, 3.05) is 13.1 Å². The van der Waals surface area contributed by atoms with E-state index >= 15 is 0 Å². The molecule has 3 rings (SSSR count). The van der Waals surface area contributed by atoms with E-state index in [-0.39, 0.29) is 17.8 Å². The van der Waals surface area contributed by atoms with Crippen molar-refractivity contribution in [1.29, 1.82) is 0 Å². The van der Waals surface area contributed by atoms with Gasteiger partial charge in [0.1, 0.15) is 18.2 Å². The van der Waals surface area contributed by atoms with Gasteiger partial charge in [0.2, 0.25) is 11.8 Å². The van der Waals surface area contributed by atoms with Crippen LogP contribution >= 0.6 is 0 Å². The predicted molar refractivity (Wildman–Crippen MR) is 82.4 cm³/mol. The van der Waals surface area contributed by atoms with Gasteiger partial charge in [0.05, 0.1) is 6.42 Å². The number of nitrogens with zero attached hydrogens (tertiary/aromatic N) is 3. The number of likely N-dealkylation sites (tertiary alicyclic amines) is 1. The summed E-state index contributed by atoms with van der Waals surface area (Å²) in [6, 6.07) is 7.79. The molecule has 0 aliphatic carbocycles. The fourth-order valence-corrected chi connectivity index (χ4v) is 2.63. The topological polar surface area (TPSA) is 55.3 Å². The van der Waals surface area contributed by atoms with Crippen molar-refractivity contribution in [3.63, 3.8) is 0 Å². The van der Waals surface area contributed by atoms with E-state index in [0.29, 0.717) is 25.4 Å². The summed E-state index contributed by atoms with van der Waals surface area (Å²) in [6.07, 6.45) is 5.02. The summed E-state index contributed by atoms with van der Waals surface area (Å²) in [7, 11) is 0. The third-order valence-corrected chi connectivity index (χ3v) is 3.91. The van der Waals surface area contributed by atoms with Gasteiger partial charge in [-0.3, -0.25) is 4.79 Å². The molecule has 6 heteroatoms. The third kappa shape index (κ3) is 4.25. The highest BCUT2D eigenvalue weighted by Gasteiger charge is 2.24. The van der Waals surface area contributed by atoms with Gasteiger partial charge in [-0.25, -0.2) is 14.4 Å². The standard InChI is InChI=1S/C17H18FN3O2/c18-14-3-1-13(2-4-14)11-17(22)21-9-6-15(7-10-21)23-16-5-8-19-12-20-16/h1-5,8,12,15H,6-7,9-11H2. The fourth-order valence-electron chi connectivity index (χ4n) is 2.63. The normalized spacial score (nSPS) is 15.4. The third-order valence-electron chi connectivity index (χ3n) is 3.91. The number of hydrogen-bond donors (Lipinski definition) is 0. The summed E-state index contributed by atoms with van der Waals surface area (Å²) < 4.78 is 18.7. The van der Waals surface area contributed by atoms with E-state index in [1.807, 2.05) is 4.90 Å². The second-order valence-corrected chi connectivity index (χ2v) is 5.55. The van der Waals surface area contributed by atoms with Crippen molar-refractivity contribution in [3.05, 3.63) is 54.2 Å². The van der Waals surface area contributed by atoms with Crippen LogP contribution in [0.5, 0.6) is 5.88 Å². The molecule has 1 amide bonds. The molecule has 0 saturated carbocycles. The zero-order chi connectivity index (χ0) is 16.1. The van der Waals surface area contributed by atoms with Crippen molar-refractivity contribution in [3.8, 4) is 5.88 Å². The molecule has 5 nitrogen and oxygen atoms in total. The first kappa shape index (κ1) is 15.4. The quantitative estimate of drug-likeness (QED) is 0.868. The van der Waals surface area contributed by atoms with E-state index in [4.69, 9.17) is 4.74 Å². The van der Waals surface area contributed by atoms with Crippen LogP contribution in [0.15, 0.2) is 42.9 Å². The van der Waals surface area contributed by atoms with Crippen molar-refractivity contribution >= 4 is 5.91 Å². The Bertz CT molecular complexity index is 641. The second kappa shape index (κ2) is 7.17. The maximum atomic E-state index is 12.9. The molecule has 1 saturated heterocycles. The first-order valence-corrected chi connectivity index (χ1v) is 7.65. The van der Waals surface area contributed by atoms with Gasteiger partial charge in [-0.2, -0.15) is 0 Å². The monoisotopic (exact) mass is 315 g/mol. The molecule has 2 aromatic rings. The summed E-state index contributed by atoms with van der Waals surface area (Å²) in [5.41, 5.74) is 0.829. The van der Waals surface area contributed by atoms with Gasteiger partial charge in [0.15, 0.2) is 0 Å². The molecule has 23 heavy (non-hydrogen) atoms. The van der Waals surface area contributed by atoms with Crippen LogP contribution in [0.4, 0.5) is 4.39 Å². The Hall–Kier alpha value is -2.50. The first-order valence-electron chi connectivity index (χ1n) is 7.65. The van der Waals surface area contributed by atoms with Crippen LogP contribution in [0.3, 0.4) is 0 Å². The summed E-state index contributed by atoms with van der Waals surface area (Å²) in [6.45, 7) is 1.32. The molecule has 0 atom stereocenters. The van der Waals surface area contributed by atoms with Crippen LogP contribution in [-0.4, -0.2) is 40.0 Å². The minimum absolute atomic E-state index is 0.0668. The lowest BCUT2D eigenvalue weighted by atomic mass is 10.1. The van der Waals surface area contributed by atoms with E-state index in [1.54, 1.807) is 24.4 Å². The average molecular weight is 315 g/mol. The lowest BCUT2D eigenvalue weighted by Crippen LogP contribution is -2.42. The molecule has 120 valence electrons. The van der Waals surface area contributed by atoms with Crippen molar-refractivity contribution in [2.24, 2.45) is 0 Å². The zero-order valence-corrected chi connectivity index (χ0v) is 12.7. The minimum Gasteiger partial charge on any atom is -0.474 e. The predicted octanol–water partition coefficient (Wildman–Crippen LogP) is 2.23. The van der Waals surface area contributed by atoms with Crippen LogP contribution in [0.1, 0.15) is 18.4 Å². The second-order valence-electron chi connectivity index (χ2n) is 5.55. The fraction of sp³-hybridized carbons (Fsp3) is 0.353. The molecule has 1 fully saturated rings. The number of halogens is 1. The highest BCUT2D eigenvalue weighted by molar-refractivity contribution is 5.78. The van der Waals surface area contributed by atoms with Crippen molar-refractivity contribution < 1.29 is 13.9 Å². The summed E-state index contributed by atoms with van der Waals surface area (Å²) >= 11 is 0. The highest BCUT2D eigenvalue weighted by atomic mass is 19.1. The van der Waals surface area contributed by atoms with E-state index < -0.39 is 0 Å². The molecule has 1 aromatic carbocycles. The Labute approximate surface area is 134 Å². The Balaban J connectivity index is 1.48. The molecule has 2 heterocycles. The molecule has 1 aromatic heterocycles. The molecular weight excluding hydrogens is 297 g/mol. The molecule has 0 spiro atoms. The van der Waals surface area contributed by atoms with E-state index in [0.717, 1.165) is 18.4 Å². The van der Waals surface area contributed by atoms with Crippen LogP contribution < -0.4 is 4.74 Å². The Morgan fingerprint density at radius 3 is 2.61 bits per heavy atom. The zero-order valence-electron chi connectivity index (χ0n) is 12.7. The minimum atomic E-state index is -0.288. The molecule has 0 N–H and O–H groups in total. The van der Waals surface area contributed by atoms with Gasteiger partial charge in [0.25, 0.3) is 0 Å². The molecular formula is C17H18FN3O2. The van der Waals surface area contributed by atoms with Crippen LogP contribution in [-0.2, 0) is 11.2 Å². The number of amides is 1. The van der Waals surface area contributed by atoms with Gasteiger partial charge in [0, 0.05) is 38.2 Å². The highest BCUT2D eigenvalue weighted by Crippen LogP contribution is 2.17. The number of aromatic nitrogens is 2. The summed E-state index contributed by atoms with van der Waals surface area (Å²) in [4.78, 5) is 22.0.